The van der Waals surface area contributed by atoms with Crippen LogP contribution in [0.2, 0.25) is 0 Å². The number of carbonyl (C=O) groups excluding carboxylic acids is 2. The summed E-state index contributed by atoms with van der Waals surface area (Å²) in [5.74, 6) is 0.526. The molecule has 0 bridgehead atoms. The SMILES string of the molecule is CNC(=O)CN1CCN(C(=O)CN[C@@H](c2ccc(C(C)(C)C)cc2)C(C)C)CC1. The Balaban J connectivity index is 1.89. The molecule has 1 aromatic carbocycles. The number of piperazine rings is 1. The number of carbonyl (C=O) groups is 2. The van der Waals surface area contributed by atoms with Gasteiger partial charge in [0.2, 0.25) is 11.8 Å². The van der Waals surface area contributed by atoms with Gasteiger partial charge in [-0.2, -0.15) is 0 Å². The van der Waals surface area contributed by atoms with Gasteiger partial charge in [0, 0.05) is 39.3 Å². The molecule has 0 radical (unpaired) electrons. The number of hydrogen-bond acceptors (Lipinski definition) is 4. The zero-order valence-corrected chi connectivity index (χ0v) is 18.9. The highest BCUT2D eigenvalue weighted by Crippen LogP contribution is 2.26. The summed E-state index contributed by atoms with van der Waals surface area (Å²) in [6, 6.07) is 8.89. The standard InChI is InChI=1S/C23H38N4O2/c1-17(2)22(18-7-9-19(10-8-18)23(3,4)5)25-15-21(29)27-13-11-26(12-14-27)16-20(28)24-6/h7-10,17,22,25H,11-16H2,1-6H3,(H,24,28)/t22-/m1/s1. The number of hydrogen-bond donors (Lipinski definition) is 2. The lowest BCUT2D eigenvalue weighted by molar-refractivity contribution is -0.132. The maximum absolute atomic E-state index is 12.7. The van der Waals surface area contributed by atoms with Crippen LogP contribution in [0.3, 0.4) is 0 Å². The molecule has 1 aromatic rings. The number of likely N-dealkylation sites (N-methyl/N-ethyl adjacent to an activating group) is 1. The third kappa shape index (κ3) is 6.82. The zero-order chi connectivity index (χ0) is 21.6. The predicted octanol–water partition coefficient (Wildman–Crippen LogP) is 2.16. The quantitative estimate of drug-likeness (QED) is 0.734. The molecule has 2 N–H and O–H groups in total. The number of amides is 2. The Morgan fingerprint density at radius 2 is 1.62 bits per heavy atom. The van der Waals surface area contributed by atoms with Gasteiger partial charge >= 0.3 is 0 Å². The molecule has 1 aliphatic heterocycles. The smallest absolute Gasteiger partial charge is 0.236 e. The molecular formula is C23H38N4O2. The van der Waals surface area contributed by atoms with Gasteiger partial charge in [-0.05, 0) is 22.5 Å². The van der Waals surface area contributed by atoms with Crippen LogP contribution in [0.4, 0.5) is 0 Å². The fourth-order valence-electron chi connectivity index (χ4n) is 3.68. The summed E-state index contributed by atoms with van der Waals surface area (Å²) in [6.45, 7) is 14.6. The number of benzene rings is 1. The maximum Gasteiger partial charge on any atom is 0.236 e. The first-order valence-electron chi connectivity index (χ1n) is 10.7. The van der Waals surface area contributed by atoms with Gasteiger partial charge in [0.1, 0.15) is 0 Å². The molecule has 0 aliphatic carbocycles. The van der Waals surface area contributed by atoms with E-state index in [-0.39, 0.29) is 23.3 Å². The van der Waals surface area contributed by atoms with Crippen LogP contribution in [0.15, 0.2) is 24.3 Å². The minimum Gasteiger partial charge on any atom is -0.358 e. The van der Waals surface area contributed by atoms with Crippen LogP contribution >= 0.6 is 0 Å². The summed E-state index contributed by atoms with van der Waals surface area (Å²) in [4.78, 5) is 28.2. The van der Waals surface area contributed by atoms with Crippen molar-refractivity contribution in [1.82, 2.24) is 20.4 Å². The molecule has 1 saturated heterocycles. The molecule has 0 spiro atoms. The molecule has 1 fully saturated rings. The summed E-state index contributed by atoms with van der Waals surface area (Å²) in [5, 5.41) is 6.12. The largest absolute Gasteiger partial charge is 0.358 e. The molecule has 0 unspecified atom stereocenters. The maximum atomic E-state index is 12.7. The van der Waals surface area contributed by atoms with Crippen molar-refractivity contribution >= 4 is 11.8 Å². The van der Waals surface area contributed by atoms with Crippen molar-refractivity contribution < 1.29 is 9.59 Å². The molecule has 6 nitrogen and oxygen atoms in total. The van der Waals surface area contributed by atoms with E-state index in [4.69, 9.17) is 0 Å². The van der Waals surface area contributed by atoms with Crippen molar-refractivity contribution in [3.8, 4) is 0 Å². The van der Waals surface area contributed by atoms with E-state index < -0.39 is 0 Å². The molecule has 1 atom stereocenters. The van der Waals surface area contributed by atoms with E-state index in [2.05, 4.69) is 74.4 Å². The second kappa shape index (κ2) is 10.2. The fraction of sp³-hybridized carbons (Fsp3) is 0.652. The van der Waals surface area contributed by atoms with Gasteiger partial charge in [-0.15, -0.1) is 0 Å². The highest BCUT2D eigenvalue weighted by atomic mass is 16.2. The first-order chi connectivity index (χ1) is 13.6. The monoisotopic (exact) mass is 402 g/mol. The zero-order valence-electron chi connectivity index (χ0n) is 18.9. The minimum atomic E-state index is 0.0173. The fourth-order valence-corrected chi connectivity index (χ4v) is 3.68. The highest BCUT2D eigenvalue weighted by molar-refractivity contribution is 5.79. The Kier molecular flexibility index (Phi) is 8.23. The van der Waals surface area contributed by atoms with E-state index in [1.54, 1.807) is 7.05 Å². The summed E-state index contributed by atoms with van der Waals surface area (Å²) in [5.41, 5.74) is 2.67. The first-order valence-corrected chi connectivity index (χ1v) is 10.7. The van der Waals surface area contributed by atoms with Gasteiger partial charge in [0.15, 0.2) is 0 Å². The molecule has 6 heteroatoms. The Morgan fingerprint density at radius 3 is 2.10 bits per heavy atom. The Bertz CT molecular complexity index is 671. The van der Waals surface area contributed by atoms with Crippen molar-refractivity contribution in [2.24, 2.45) is 5.92 Å². The lowest BCUT2D eigenvalue weighted by Crippen LogP contribution is -2.52. The van der Waals surface area contributed by atoms with Crippen LogP contribution in [0.1, 0.15) is 51.8 Å². The second-order valence-corrected chi connectivity index (χ2v) is 9.30. The summed E-state index contributed by atoms with van der Waals surface area (Å²) in [6.07, 6.45) is 0. The van der Waals surface area contributed by atoms with E-state index in [1.165, 1.54) is 11.1 Å². The van der Waals surface area contributed by atoms with Crippen LogP contribution in [0.25, 0.3) is 0 Å². The lowest BCUT2D eigenvalue weighted by atomic mass is 9.85. The van der Waals surface area contributed by atoms with E-state index in [0.717, 1.165) is 13.1 Å². The van der Waals surface area contributed by atoms with Crippen LogP contribution in [-0.2, 0) is 15.0 Å². The van der Waals surface area contributed by atoms with Crippen molar-refractivity contribution in [3.63, 3.8) is 0 Å². The van der Waals surface area contributed by atoms with E-state index in [0.29, 0.717) is 32.1 Å². The van der Waals surface area contributed by atoms with Gasteiger partial charge in [-0.1, -0.05) is 58.9 Å². The molecule has 29 heavy (non-hydrogen) atoms. The summed E-state index contributed by atoms with van der Waals surface area (Å²) >= 11 is 0. The van der Waals surface area contributed by atoms with Crippen LogP contribution in [0, 0.1) is 5.92 Å². The van der Waals surface area contributed by atoms with Crippen molar-refractivity contribution in [3.05, 3.63) is 35.4 Å². The Morgan fingerprint density at radius 1 is 1.03 bits per heavy atom. The molecule has 1 heterocycles. The minimum absolute atomic E-state index is 0.0173. The normalized spacial score (nSPS) is 16.7. The molecule has 162 valence electrons. The van der Waals surface area contributed by atoms with E-state index >= 15 is 0 Å². The van der Waals surface area contributed by atoms with Gasteiger partial charge in [0.25, 0.3) is 0 Å². The number of nitrogens with zero attached hydrogens (tertiary/aromatic N) is 2. The first kappa shape index (κ1) is 23.4. The van der Waals surface area contributed by atoms with Crippen molar-refractivity contribution in [2.75, 3.05) is 46.3 Å². The Hall–Kier alpha value is -1.92. The second-order valence-electron chi connectivity index (χ2n) is 9.30. The number of rotatable bonds is 7. The van der Waals surface area contributed by atoms with E-state index in [1.807, 2.05) is 4.90 Å². The highest BCUT2D eigenvalue weighted by Gasteiger charge is 2.24. The van der Waals surface area contributed by atoms with Crippen molar-refractivity contribution in [1.29, 1.82) is 0 Å². The Labute approximate surface area is 176 Å². The van der Waals surface area contributed by atoms with Gasteiger partial charge < -0.3 is 15.5 Å². The number of nitrogens with one attached hydrogen (secondary N) is 2. The van der Waals surface area contributed by atoms with Crippen LogP contribution < -0.4 is 10.6 Å². The predicted molar refractivity (Wildman–Crippen MR) is 118 cm³/mol. The molecular weight excluding hydrogens is 364 g/mol. The van der Waals surface area contributed by atoms with Crippen LogP contribution in [-0.4, -0.2) is 67.9 Å². The molecule has 2 rings (SSSR count). The third-order valence-corrected chi connectivity index (χ3v) is 5.65. The topological polar surface area (TPSA) is 64.7 Å². The van der Waals surface area contributed by atoms with E-state index in [9.17, 15) is 9.59 Å². The average molecular weight is 403 g/mol. The lowest BCUT2D eigenvalue weighted by Gasteiger charge is -2.35. The summed E-state index contributed by atoms with van der Waals surface area (Å²) in [7, 11) is 1.65. The van der Waals surface area contributed by atoms with Gasteiger partial charge in [0.05, 0.1) is 13.1 Å². The van der Waals surface area contributed by atoms with Gasteiger partial charge in [-0.3, -0.25) is 14.5 Å². The molecule has 0 aromatic heterocycles. The van der Waals surface area contributed by atoms with Gasteiger partial charge in [-0.25, -0.2) is 0 Å². The summed E-state index contributed by atoms with van der Waals surface area (Å²) < 4.78 is 0. The van der Waals surface area contributed by atoms with Crippen molar-refractivity contribution in [2.45, 2.75) is 46.1 Å². The average Bonchev–Trinajstić information content (AvgIpc) is 2.68. The molecule has 2 amide bonds. The third-order valence-electron chi connectivity index (χ3n) is 5.65. The van der Waals surface area contributed by atoms with Crippen LogP contribution in [0.5, 0.6) is 0 Å². The molecule has 0 saturated carbocycles. The molecule has 1 aliphatic rings.